The van der Waals surface area contributed by atoms with Gasteiger partial charge in [0.25, 0.3) is 5.91 Å². The summed E-state index contributed by atoms with van der Waals surface area (Å²) in [4.78, 5) is 18.6. The number of anilines is 1. The number of hydrogen-bond donors (Lipinski definition) is 0. The van der Waals surface area contributed by atoms with E-state index in [1.54, 1.807) is 36.5 Å². The van der Waals surface area contributed by atoms with E-state index in [2.05, 4.69) is 20.9 Å². The molecule has 0 atom stereocenters. The van der Waals surface area contributed by atoms with E-state index in [-0.39, 0.29) is 28.1 Å². The molecule has 3 aromatic rings. The Hall–Kier alpha value is -2.45. The molecule has 0 radical (unpaired) electrons. The Labute approximate surface area is 165 Å². The summed E-state index contributed by atoms with van der Waals surface area (Å²) in [6, 6.07) is 14.6. The number of nitrogens with zero attached hydrogens (tertiary/aromatic N) is 2. The summed E-state index contributed by atoms with van der Waals surface area (Å²) in [5.74, 6) is 0.0746. The Kier molecular flexibility index (Phi) is 5.76. The second-order valence-corrected chi connectivity index (χ2v) is 8.63. The van der Waals surface area contributed by atoms with E-state index in [4.69, 9.17) is 4.42 Å². The average molecular weight is 449 g/mol. The van der Waals surface area contributed by atoms with Crippen LogP contribution in [0.2, 0.25) is 0 Å². The topological polar surface area (TPSA) is 80.5 Å². The van der Waals surface area contributed by atoms with Crippen LogP contribution >= 0.6 is 15.9 Å². The van der Waals surface area contributed by atoms with Crippen LogP contribution in [-0.2, 0) is 15.6 Å². The lowest BCUT2D eigenvalue weighted by molar-refractivity contribution is 0.0959. The first-order valence-electron chi connectivity index (χ1n) is 8.20. The minimum Gasteiger partial charge on any atom is -0.455 e. The number of sulfone groups is 1. The van der Waals surface area contributed by atoms with Gasteiger partial charge in [0, 0.05) is 17.2 Å². The first kappa shape index (κ1) is 19.3. The number of furan rings is 1. The molecule has 0 aliphatic rings. The zero-order valence-corrected chi connectivity index (χ0v) is 16.9. The summed E-state index contributed by atoms with van der Waals surface area (Å²) >= 11 is 3.31. The maximum atomic E-state index is 12.7. The molecule has 1 aromatic carbocycles. The molecular formula is C19H17BrN2O4S. The van der Waals surface area contributed by atoms with Crippen molar-refractivity contribution >= 4 is 37.5 Å². The van der Waals surface area contributed by atoms with Crippen molar-refractivity contribution in [2.75, 3.05) is 11.4 Å². The molecule has 0 N–H and O–H groups in total. The third-order valence-corrected chi connectivity index (χ3v) is 5.98. The minimum absolute atomic E-state index is 0.0693. The highest BCUT2D eigenvalue weighted by atomic mass is 79.9. The van der Waals surface area contributed by atoms with E-state index in [1.807, 2.05) is 6.92 Å². The highest BCUT2D eigenvalue weighted by Gasteiger charge is 2.23. The summed E-state index contributed by atoms with van der Waals surface area (Å²) < 4.78 is 31.2. The zero-order chi connectivity index (χ0) is 19.4. The number of aromatic nitrogens is 1. The lowest BCUT2D eigenvalue weighted by Gasteiger charge is -2.18. The molecule has 140 valence electrons. The van der Waals surface area contributed by atoms with E-state index in [0.29, 0.717) is 12.4 Å². The van der Waals surface area contributed by atoms with Crippen LogP contribution in [0.15, 0.2) is 74.6 Å². The lowest BCUT2D eigenvalue weighted by atomic mass is 10.3. The average Bonchev–Trinajstić information content (AvgIpc) is 3.12. The fourth-order valence-electron chi connectivity index (χ4n) is 2.54. The molecule has 8 heteroatoms. The van der Waals surface area contributed by atoms with Gasteiger partial charge in [-0.2, -0.15) is 0 Å². The van der Waals surface area contributed by atoms with E-state index in [9.17, 15) is 13.2 Å². The second-order valence-electron chi connectivity index (χ2n) is 5.72. The van der Waals surface area contributed by atoms with Gasteiger partial charge >= 0.3 is 0 Å². The number of benzene rings is 1. The summed E-state index contributed by atoms with van der Waals surface area (Å²) in [5.41, 5.74) is 0. The van der Waals surface area contributed by atoms with Gasteiger partial charge in [-0.1, -0.05) is 18.2 Å². The summed E-state index contributed by atoms with van der Waals surface area (Å²) in [6.45, 7) is 2.22. The van der Waals surface area contributed by atoms with Gasteiger partial charge in [-0.3, -0.25) is 9.69 Å². The Balaban J connectivity index is 1.80. The SMILES string of the molecule is CCN(C(=O)c1ccc(CS(=O)(=O)c2ccccc2)o1)c1ccc(Br)cn1. The number of carbonyl (C=O) groups excluding carboxylic acids is 1. The number of hydrogen-bond acceptors (Lipinski definition) is 5. The third kappa shape index (κ3) is 4.45. The maximum Gasteiger partial charge on any atom is 0.295 e. The largest absolute Gasteiger partial charge is 0.455 e. The minimum atomic E-state index is -3.54. The van der Waals surface area contributed by atoms with Gasteiger partial charge < -0.3 is 4.42 Å². The maximum absolute atomic E-state index is 12.7. The van der Waals surface area contributed by atoms with E-state index in [1.165, 1.54) is 29.2 Å². The van der Waals surface area contributed by atoms with Gasteiger partial charge in [0.15, 0.2) is 15.6 Å². The molecule has 1 amide bonds. The second kappa shape index (κ2) is 8.06. The van der Waals surface area contributed by atoms with E-state index >= 15 is 0 Å². The number of rotatable bonds is 6. The molecule has 0 spiro atoms. The van der Waals surface area contributed by atoms with Gasteiger partial charge in [-0.15, -0.1) is 0 Å². The molecule has 2 heterocycles. The lowest BCUT2D eigenvalue weighted by Crippen LogP contribution is -2.31. The van der Waals surface area contributed by atoms with Crippen molar-refractivity contribution in [3.05, 3.63) is 76.8 Å². The van der Waals surface area contributed by atoms with Crippen LogP contribution in [0.5, 0.6) is 0 Å². The predicted molar refractivity (Wildman–Crippen MR) is 105 cm³/mol. The Morgan fingerprint density at radius 2 is 1.85 bits per heavy atom. The Morgan fingerprint density at radius 3 is 2.48 bits per heavy atom. The van der Waals surface area contributed by atoms with E-state index < -0.39 is 9.84 Å². The molecule has 0 aliphatic carbocycles. The van der Waals surface area contributed by atoms with Crippen LogP contribution < -0.4 is 4.90 Å². The van der Waals surface area contributed by atoms with Crippen LogP contribution in [0.4, 0.5) is 5.82 Å². The summed E-state index contributed by atoms with van der Waals surface area (Å²) in [5, 5.41) is 0. The smallest absolute Gasteiger partial charge is 0.295 e. The summed E-state index contributed by atoms with van der Waals surface area (Å²) in [7, 11) is -3.54. The van der Waals surface area contributed by atoms with Gasteiger partial charge in [0.05, 0.1) is 4.90 Å². The molecule has 0 bridgehead atoms. The van der Waals surface area contributed by atoms with Crippen LogP contribution in [0.3, 0.4) is 0 Å². The first-order chi connectivity index (χ1) is 12.9. The van der Waals surface area contributed by atoms with Gasteiger partial charge in [0.2, 0.25) is 0 Å². The molecule has 0 saturated heterocycles. The highest BCUT2D eigenvalue weighted by molar-refractivity contribution is 9.10. The van der Waals surface area contributed by atoms with Gasteiger partial charge in [-0.25, -0.2) is 13.4 Å². The quantitative estimate of drug-likeness (QED) is 0.567. The molecular weight excluding hydrogens is 432 g/mol. The molecule has 0 unspecified atom stereocenters. The van der Waals surface area contributed by atoms with Crippen LogP contribution in [-0.4, -0.2) is 25.9 Å². The molecule has 0 aliphatic heterocycles. The number of amides is 1. The monoisotopic (exact) mass is 448 g/mol. The highest BCUT2D eigenvalue weighted by Crippen LogP contribution is 2.21. The van der Waals surface area contributed by atoms with Crippen molar-refractivity contribution in [3.63, 3.8) is 0 Å². The van der Waals surface area contributed by atoms with Gasteiger partial charge in [-0.05, 0) is 59.3 Å². The van der Waals surface area contributed by atoms with Crippen molar-refractivity contribution in [1.82, 2.24) is 4.98 Å². The normalized spacial score (nSPS) is 11.3. The number of pyridine rings is 1. The predicted octanol–water partition coefficient (Wildman–Crippen LogP) is 4.08. The van der Waals surface area contributed by atoms with Crippen LogP contribution in [0.1, 0.15) is 23.2 Å². The van der Waals surface area contributed by atoms with Crippen LogP contribution in [0.25, 0.3) is 0 Å². The van der Waals surface area contributed by atoms with Crippen LogP contribution in [0, 0.1) is 0 Å². The molecule has 0 saturated carbocycles. The van der Waals surface area contributed by atoms with Crippen molar-refractivity contribution in [2.24, 2.45) is 0 Å². The fourth-order valence-corrected chi connectivity index (χ4v) is 4.04. The molecule has 3 rings (SSSR count). The molecule has 6 nitrogen and oxygen atoms in total. The zero-order valence-electron chi connectivity index (χ0n) is 14.5. The number of carbonyl (C=O) groups is 1. The standard InChI is InChI=1S/C19H17BrN2O4S/c1-2-22(18-11-8-14(20)12-21-18)19(23)17-10-9-15(26-17)13-27(24,25)16-6-4-3-5-7-16/h3-12H,2,13H2,1H3. The first-order valence-corrected chi connectivity index (χ1v) is 10.6. The van der Waals surface area contributed by atoms with Crippen molar-refractivity contribution < 1.29 is 17.6 Å². The van der Waals surface area contributed by atoms with E-state index in [0.717, 1.165) is 4.47 Å². The molecule has 27 heavy (non-hydrogen) atoms. The van der Waals surface area contributed by atoms with Crippen molar-refractivity contribution in [1.29, 1.82) is 0 Å². The molecule has 2 aromatic heterocycles. The third-order valence-electron chi connectivity index (χ3n) is 3.86. The number of halogens is 1. The fraction of sp³-hybridized carbons (Fsp3) is 0.158. The van der Waals surface area contributed by atoms with Crippen molar-refractivity contribution in [2.45, 2.75) is 17.6 Å². The van der Waals surface area contributed by atoms with Gasteiger partial charge in [0.1, 0.15) is 17.3 Å². The summed E-state index contributed by atoms with van der Waals surface area (Å²) in [6.07, 6.45) is 1.60. The van der Waals surface area contributed by atoms with Crippen molar-refractivity contribution in [3.8, 4) is 0 Å². The Bertz CT molecular complexity index is 1030. The Morgan fingerprint density at radius 1 is 1.11 bits per heavy atom. The molecule has 0 fully saturated rings.